The Hall–Kier alpha value is -3.61. The minimum Gasteiger partial charge on any atom is -0.497 e. The third-order valence-electron chi connectivity index (χ3n) is 4.15. The lowest BCUT2D eigenvalue weighted by molar-refractivity contribution is -0.384. The van der Waals surface area contributed by atoms with Crippen molar-refractivity contribution in [3.63, 3.8) is 0 Å². The topological polar surface area (TPSA) is 102 Å². The van der Waals surface area contributed by atoms with E-state index < -0.39 is 4.92 Å². The lowest BCUT2D eigenvalue weighted by atomic mass is 10.1. The van der Waals surface area contributed by atoms with Gasteiger partial charge in [0, 0.05) is 6.08 Å². The first-order valence-electron chi connectivity index (χ1n) is 8.65. The highest BCUT2D eigenvalue weighted by molar-refractivity contribution is 8.05. The number of hydrogen-bond donors (Lipinski definition) is 0. The summed E-state index contributed by atoms with van der Waals surface area (Å²) in [7, 11) is 1.45. The molecular formula is C21H13N3O4S2. The summed E-state index contributed by atoms with van der Waals surface area (Å²) in [6.45, 7) is 0. The van der Waals surface area contributed by atoms with Crippen molar-refractivity contribution >= 4 is 45.1 Å². The number of nitriles is 1. The zero-order valence-corrected chi connectivity index (χ0v) is 17.2. The van der Waals surface area contributed by atoms with Gasteiger partial charge in [0.25, 0.3) is 5.69 Å². The van der Waals surface area contributed by atoms with Crippen molar-refractivity contribution in [2.45, 2.75) is 4.34 Å². The van der Waals surface area contributed by atoms with Gasteiger partial charge in [-0.25, -0.2) is 4.98 Å². The molecule has 0 aliphatic rings. The first kappa shape index (κ1) is 19.7. The highest BCUT2D eigenvalue weighted by Crippen LogP contribution is 2.37. The van der Waals surface area contributed by atoms with E-state index in [1.54, 1.807) is 30.3 Å². The van der Waals surface area contributed by atoms with Crippen LogP contribution in [0, 0.1) is 21.4 Å². The number of aromatic nitrogens is 1. The van der Waals surface area contributed by atoms with Crippen LogP contribution in [0.2, 0.25) is 0 Å². The smallest absolute Gasteiger partial charge is 0.284 e. The second kappa shape index (κ2) is 8.41. The highest BCUT2D eigenvalue weighted by atomic mass is 32.2. The van der Waals surface area contributed by atoms with E-state index in [0.29, 0.717) is 27.7 Å². The summed E-state index contributed by atoms with van der Waals surface area (Å²) in [6.07, 6.45) is 1.59. The minimum absolute atomic E-state index is 0.122. The van der Waals surface area contributed by atoms with Gasteiger partial charge in [0.2, 0.25) is 0 Å². The van der Waals surface area contributed by atoms with Gasteiger partial charge >= 0.3 is 0 Å². The van der Waals surface area contributed by atoms with Gasteiger partial charge in [-0.2, -0.15) is 5.26 Å². The summed E-state index contributed by atoms with van der Waals surface area (Å²) in [4.78, 5) is 15.8. The third kappa shape index (κ3) is 4.05. The molecule has 2 aromatic heterocycles. The normalized spacial score (nSPS) is 11.4. The zero-order valence-electron chi connectivity index (χ0n) is 15.6. The van der Waals surface area contributed by atoms with Crippen LogP contribution in [-0.2, 0) is 0 Å². The molecule has 0 aliphatic heterocycles. The Kier molecular flexibility index (Phi) is 5.52. The molecule has 0 atom stereocenters. The predicted molar refractivity (Wildman–Crippen MR) is 116 cm³/mol. The van der Waals surface area contributed by atoms with Crippen LogP contribution in [0.4, 0.5) is 5.69 Å². The van der Waals surface area contributed by atoms with E-state index in [1.807, 2.05) is 24.3 Å². The Labute approximate surface area is 179 Å². The van der Waals surface area contributed by atoms with E-state index in [4.69, 9.17) is 9.15 Å². The van der Waals surface area contributed by atoms with Crippen LogP contribution in [0.15, 0.2) is 68.3 Å². The van der Waals surface area contributed by atoms with Crippen molar-refractivity contribution in [3.8, 4) is 23.1 Å². The number of nitrogens with zero attached hydrogens (tertiary/aromatic N) is 3. The average molecular weight is 435 g/mol. The van der Waals surface area contributed by atoms with Crippen molar-refractivity contribution in [2.75, 3.05) is 7.11 Å². The molecule has 0 aliphatic carbocycles. The Morgan fingerprint density at radius 2 is 2.13 bits per heavy atom. The fourth-order valence-corrected chi connectivity index (χ4v) is 4.73. The van der Waals surface area contributed by atoms with Gasteiger partial charge in [-0.15, -0.1) is 11.3 Å². The molecule has 0 N–H and O–H groups in total. The van der Waals surface area contributed by atoms with Gasteiger partial charge in [0.15, 0.2) is 4.34 Å². The Morgan fingerprint density at radius 3 is 2.87 bits per heavy atom. The summed E-state index contributed by atoms with van der Waals surface area (Å²) in [5.74, 6) is 1.13. The van der Waals surface area contributed by atoms with E-state index in [1.165, 1.54) is 36.3 Å². The number of para-hydroxylation sites is 1. The highest BCUT2D eigenvalue weighted by Gasteiger charge is 2.19. The average Bonchev–Trinajstić information content (AvgIpc) is 3.39. The number of rotatable bonds is 6. The molecule has 0 amide bonds. The lowest BCUT2D eigenvalue weighted by Gasteiger charge is -2.03. The van der Waals surface area contributed by atoms with Crippen LogP contribution < -0.4 is 4.74 Å². The minimum atomic E-state index is -0.487. The number of allylic oxidation sites excluding steroid dienone is 1. The lowest BCUT2D eigenvalue weighted by Crippen LogP contribution is -1.93. The second-order valence-electron chi connectivity index (χ2n) is 6.01. The molecule has 0 unspecified atom stereocenters. The zero-order chi connectivity index (χ0) is 21.1. The van der Waals surface area contributed by atoms with Crippen molar-refractivity contribution in [2.24, 2.45) is 0 Å². The fourth-order valence-electron chi connectivity index (χ4n) is 2.78. The van der Waals surface area contributed by atoms with E-state index >= 15 is 0 Å². The van der Waals surface area contributed by atoms with Crippen LogP contribution in [0.1, 0.15) is 5.76 Å². The Bertz CT molecular complexity index is 1280. The van der Waals surface area contributed by atoms with E-state index in [2.05, 4.69) is 11.1 Å². The van der Waals surface area contributed by atoms with Crippen molar-refractivity contribution in [1.82, 2.24) is 4.98 Å². The summed E-state index contributed by atoms with van der Waals surface area (Å²) in [5.41, 5.74) is 1.09. The molecule has 4 rings (SSSR count). The molecule has 4 aromatic rings. The quantitative estimate of drug-likeness (QED) is 0.155. The fraction of sp³-hybridized carbons (Fsp3) is 0.0476. The molecule has 9 heteroatoms. The number of nitro groups is 1. The first-order chi connectivity index (χ1) is 14.6. The number of nitro benzene ring substituents is 1. The number of thiazole rings is 1. The summed E-state index contributed by atoms with van der Waals surface area (Å²) in [5, 5.41) is 20.9. The number of fused-ring (bicyclic) bond motifs is 1. The largest absolute Gasteiger partial charge is 0.497 e. The molecule has 0 saturated carbocycles. The van der Waals surface area contributed by atoms with E-state index in [-0.39, 0.29) is 5.69 Å². The van der Waals surface area contributed by atoms with Crippen molar-refractivity contribution in [1.29, 1.82) is 5.26 Å². The van der Waals surface area contributed by atoms with Crippen LogP contribution in [0.25, 0.3) is 27.6 Å². The van der Waals surface area contributed by atoms with Gasteiger partial charge < -0.3 is 9.15 Å². The Morgan fingerprint density at radius 1 is 1.30 bits per heavy atom. The van der Waals surface area contributed by atoms with Gasteiger partial charge in [0.05, 0.1) is 38.8 Å². The maximum atomic E-state index is 11.4. The number of methoxy groups -OCH3 is 1. The number of ether oxygens (including phenoxy) is 1. The molecule has 7 nitrogen and oxygen atoms in total. The van der Waals surface area contributed by atoms with Gasteiger partial charge in [-0.1, -0.05) is 12.1 Å². The molecule has 2 heterocycles. The number of hydrogen-bond acceptors (Lipinski definition) is 8. The summed E-state index contributed by atoms with van der Waals surface area (Å²) < 4.78 is 12.6. The first-order valence-corrected chi connectivity index (χ1v) is 10.3. The molecule has 2 aromatic carbocycles. The van der Waals surface area contributed by atoms with Crippen LogP contribution in [-0.4, -0.2) is 17.0 Å². The predicted octanol–water partition coefficient (Wildman–Crippen LogP) is 6.13. The molecule has 0 saturated heterocycles. The van der Waals surface area contributed by atoms with Gasteiger partial charge in [-0.05, 0) is 48.2 Å². The number of furan rings is 1. The monoisotopic (exact) mass is 435 g/mol. The molecule has 30 heavy (non-hydrogen) atoms. The van der Waals surface area contributed by atoms with Gasteiger partial charge in [-0.3, -0.25) is 10.1 Å². The number of benzene rings is 2. The molecule has 0 fully saturated rings. The Balaban J connectivity index is 1.62. The molecule has 0 spiro atoms. The third-order valence-corrected chi connectivity index (χ3v) is 6.17. The number of thioether (sulfide) groups is 1. The van der Waals surface area contributed by atoms with E-state index in [0.717, 1.165) is 14.6 Å². The maximum Gasteiger partial charge on any atom is 0.284 e. The summed E-state index contributed by atoms with van der Waals surface area (Å²) in [6, 6.07) is 17.8. The second-order valence-corrected chi connectivity index (χ2v) is 8.33. The molecule has 148 valence electrons. The van der Waals surface area contributed by atoms with E-state index in [9.17, 15) is 15.4 Å². The summed E-state index contributed by atoms with van der Waals surface area (Å²) >= 11 is 2.75. The van der Waals surface area contributed by atoms with Crippen LogP contribution in [0.5, 0.6) is 5.75 Å². The molecular weight excluding hydrogens is 422 g/mol. The van der Waals surface area contributed by atoms with Crippen molar-refractivity contribution in [3.05, 3.63) is 75.4 Å². The van der Waals surface area contributed by atoms with Crippen LogP contribution in [0.3, 0.4) is 0 Å². The van der Waals surface area contributed by atoms with Gasteiger partial charge in [0.1, 0.15) is 23.3 Å². The molecule has 0 radical (unpaired) electrons. The van der Waals surface area contributed by atoms with Crippen molar-refractivity contribution < 1.29 is 14.1 Å². The standard InChI is InChI=1S/C21H13N3O4S2/c1-27-13-6-8-16(18(11-13)24(25)26)19-9-7-14(28-19)10-15(12-22)29-21-23-17-4-2-3-5-20(17)30-21/h2-11H,1H3. The van der Waals surface area contributed by atoms with Crippen LogP contribution >= 0.6 is 23.1 Å². The SMILES string of the molecule is COc1ccc(-c2ccc(C=C(C#N)Sc3nc4ccccc4s3)o2)c([N+](=O)[O-])c1. The maximum absolute atomic E-state index is 11.4. The molecule has 0 bridgehead atoms.